The lowest BCUT2D eigenvalue weighted by atomic mass is 10.1. The highest BCUT2D eigenvalue weighted by Crippen LogP contribution is 2.33. The lowest BCUT2D eigenvalue weighted by molar-refractivity contribution is 0.0697. The summed E-state index contributed by atoms with van der Waals surface area (Å²) in [6.45, 7) is 0. The molecule has 0 fully saturated rings. The van der Waals surface area contributed by atoms with Gasteiger partial charge in [0.25, 0.3) is 0 Å². The number of anilines is 2. The van der Waals surface area contributed by atoms with Gasteiger partial charge < -0.3 is 15.2 Å². The average Bonchev–Trinajstić information content (AvgIpc) is 3.12. The van der Waals surface area contributed by atoms with Crippen molar-refractivity contribution < 1.29 is 14.6 Å². The fraction of sp³-hybridized carbons (Fsp3) is 0.0556. The van der Waals surface area contributed by atoms with Gasteiger partial charge in [0, 0.05) is 17.1 Å². The summed E-state index contributed by atoms with van der Waals surface area (Å²) in [6.07, 6.45) is 0. The summed E-state index contributed by atoms with van der Waals surface area (Å²) in [5.74, 6) is 0.337. The Morgan fingerprint density at radius 1 is 1.24 bits per heavy atom. The molecule has 0 unspecified atom stereocenters. The zero-order valence-electron chi connectivity index (χ0n) is 13.2. The van der Waals surface area contributed by atoms with Crippen LogP contribution in [0.15, 0.2) is 48.0 Å². The zero-order valence-corrected chi connectivity index (χ0v) is 14.0. The second-order valence-corrected chi connectivity index (χ2v) is 6.24. The van der Waals surface area contributed by atoms with Crippen molar-refractivity contribution >= 4 is 49.9 Å². The van der Waals surface area contributed by atoms with E-state index < -0.39 is 5.97 Å². The van der Waals surface area contributed by atoms with Crippen molar-refractivity contribution in [2.75, 3.05) is 12.4 Å². The van der Waals surface area contributed by atoms with Gasteiger partial charge in [-0.3, -0.25) is 0 Å². The van der Waals surface area contributed by atoms with Gasteiger partial charge in [0.1, 0.15) is 11.3 Å². The Bertz CT molecular complexity index is 1110. The van der Waals surface area contributed by atoms with Crippen molar-refractivity contribution in [3.8, 4) is 5.75 Å². The highest BCUT2D eigenvalue weighted by atomic mass is 32.1. The van der Waals surface area contributed by atoms with Crippen LogP contribution in [0.2, 0.25) is 0 Å². The second kappa shape index (κ2) is 6.03. The Hall–Kier alpha value is -3.19. The van der Waals surface area contributed by atoms with Crippen LogP contribution in [0, 0.1) is 0 Å². The smallest absolute Gasteiger partial charge is 0.335 e. The molecule has 0 aliphatic rings. The monoisotopic (exact) mass is 351 g/mol. The third-order valence-corrected chi connectivity index (χ3v) is 4.71. The number of nitrogens with zero attached hydrogens (tertiary/aromatic N) is 2. The van der Waals surface area contributed by atoms with E-state index in [2.05, 4.69) is 15.3 Å². The molecule has 4 aromatic rings. The number of pyridine rings is 1. The Morgan fingerprint density at radius 2 is 2.12 bits per heavy atom. The van der Waals surface area contributed by atoms with E-state index in [1.165, 1.54) is 11.3 Å². The van der Waals surface area contributed by atoms with Crippen molar-refractivity contribution in [3.63, 3.8) is 0 Å². The number of benzene rings is 2. The van der Waals surface area contributed by atoms with Gasteiger partial charge in [-0.05, 0) is 24.3 Å². The van der Waals surface area contributed by atoms with Crippen LogP contribution in [0.25, 0.3) is 21.1 Å². The molecule has 0 radical (unpaired) electrons. The highest BCUT2D eigenvalue weighted by molar-refractivity contribution is 7.17. The van der Waals surface area contributed by atoms with E-state index >= 15 is 0 Å². The maximum atomic E-state index is 11.2. The molecule has 25 heavy (non-hydrogen) atoms. The standard InChI is InChI=1S/C18H13N3O3S/c1-24-12-4-2-3-11(8-12)20-17-15-16(25-9-19-15)13-6-5-10(18(22)23)7-14(13)21-17/h2-9H,1H3,(H,20,21)(H,22,23). The molecule has 2 heterocycles. The molecule has 0 bridgehead atoms. The van der Waals surface area contributed by atoms with Crippen LogP contribution in [-0.4, -0.2) is 28.2 Å². The molecule has 0 amide bonds. The number of hydrogen-bond acceptors (Lipinski definition) is 6. The fourth-order valence-corrected chi connectivity index (χ4v) is 3.48. The zero-order chi connectivity index (χ0) is 17.4. The third-order valence-electron chi connectivity index (χ3n) is 3.85. The van der Waals surface area contributed by atoms with Gasteiger partial charge in [-0.2, -0.15) is 0 Å². The Labute approximate surface area is 146 Å². The van der Waals surface area contributed by atoms with Crippen molar-refractivity contribution in [1.82, 2.24) is 9.97 Å². The van der Waals surface area contributed by atoms with Crippen LogP contribution in [0.4, 0.5) is 11.5 Å². The first-order valence-electron chi connectivity index (χ1n) is 7.47. The Kier molecular flexibility index (Phi) is 3.70. The summed E-state index contributed by atoms with van der Waals surface area (Å²) < 4.78 is 6.20. The summed E-state index contributed by atoms with van der Waals surface area (Å²) in [7, 11) is 1.61. The number of nitrogens with one attached hydrogen (secondary N) is 1. The fourth-order valence-electron chi connectivity index (χ4n) is 2.65. The first-order valence-corrected chi connectivity index (χ1v) is 8.35. The molecule has 2 aromatic heterocycles. The molecule has 6 nitrogen and oxygen atoms in total. The Balaban J connectivity index is 1.88. The number of methoxy groups -OCH3 is 1. The van der Waals surface area contributed by atoms with Crippen LogP contribution in [-0.2, 0) is 0 Å². The minimum absolute atomic E-state index is 0.205. The number of aromatic carboxylic acids is 1. The van der Waals surface area contributed by atoms with Gasteiger partial charge in [0.15, 0.2) is 5.82 Å². The minimum Gasteiger partial charge on any atom is -0.497 e. The molecule has 0 saturated heterocycles. The van der Waals surface area contributed by atoms with E-state index in [-0.39, 0.29) is 5.56 Å². The largest absolute Gasteiger partial charge is 0.497 e. The molecule has 124 valence electrons. The predicted molar refractivity (Wildman–Crippen MR) is 98.2 cm³/mol. The lowest BCUT2D eigenvalue weighted by Gasteiger charge is -2.10. The predicted octanol–water partition coefficient (Wildman–Crippen LogP) is 4.29. The molecule has 0 aliphatic heterocycles. The molecule has 4 rings (SSSR count). The topological polar surface area (TPSA) is 84.3 Å². The average molecular weight is 351 g/mol. The molecule has 2 N–H and O–H groups in total. The second-order valence-electron chi connectivity index (χ2n) is 5.38. The van der Waals surface area contributed by atoms with Gasteiger partial charge in [0.2, 0.25) is 0 Å². The highest BCUT2D eigenvalue weighted by Gasteiger charge is 2.13. The molecule has 0 spiro atoms. The number of aromatic nitrogens is 2. The van der Waals surface area contributed by atoms with Crippen molar-refractivity contribution in [1.29, 1.82) is 0 Å². The number of ether oxygens (including phenoxy) is 1. The van der Waals surface area contributed by atoms with Crippen LogP contribution in [0.1, 0.15) is 10.4 Å². The quantitative estimate of drug-likeness (QED) is 0.570. The summed E-state index contributed by atoms with van der Waals surface area (Å²) >= 11 is 1.50. The van der Waals surface area contributed by atoms with E-state index in [9.17, 15) is 9.90 Å². The van der Waals surface area contributed by atoms with E-state index in [1.807, 2.05) is 24.3 Å². The van der Waals surface area contributed by atoms with Crippen LogP contribution in [0.3, 0.4) is 0 Å². The molecular weight excluding hydrogens is 338 g/mol. The molecule has 0 aliphatic carbocycles. The SMILES string of the molecule is COc1cccc(Nc2nc3cc(C(=O)O)ccc3c3scnc23)c1. The number of fused-ring (bicyclic) bond motifs is 3. The van der Waals surface area contributed by atoms with Crippen molar-refractivity contribution in [2.45, 2.75) is 0 Å². The van der Waals surface area contributed by atoms with Gasteiger partial charge in [-0.25, -0.2) is 14.8 Å². The van der Waals surface area contributed by atoms with E-state index in [4.69, 9.17) is 4.74 Å². The molecule has 7 heteroatoms. The first-order chi connectivity index (χ1) is 12.2. The summed E-state index contributed by atoms with van der Waals surface area (Å²) in [4.78, 5) is 20.2. The van der Waals surface area contributed by atoms with Gasteiger partial charge in [0.05, 0.1) is 28.4 Å². The molecule has 0 saturated carbocycles. The summed E-state index contributed by atoms with van der Waals surface area (Å²) in [6, 6.07) is 12.4. The number of carbonyl (C=O) groups is 1. The molecule has 0 atom stereocenters. The number of thiazole rings is 1. The van der Waals surface area contributed by atoms with Gasteiger partial charge >= 0.3 is 5.97 Å². The number of rotatable bonds is 4. The summed E-state index contributed by atoms with van der Waals surface area (Å²) in [5, 5.41) is 13.4. The van der Waals surface area contributed by atoms with Crippen molar-refractivity contribution in [3.05, 3.63) is 53.5 Å². The van der Waals surface area contributed by atoms with Crippen LogP contribution in [0.5, 0.6) is 5.75 Å². The number of hydrogen-bond donors (Lipinski definition) is 2. The van der Waals surface area contributed by atoms with Gasteiger partial charge in [-0.15, -0.1) is 11.3 Å². The van der Waals surface area contributed by atoms with E-state index in [1.54, 1.807) is 30.8 Å². The first kappa shape index (κ1) is 15.3. The van der Waals surface area contributed by atoms with Gasteiger partial charge in [-0.1, -0.05) is 12.1 Å². The normalized spacial score (nSPS) is 10.9. The van der Waals surface area contributed by atoms with Crippen molar-refractivity contribution in [2.24, 2.45) is 0 Å². The Morgan fingerprint density at radius 3 is 2.92 bits per heavy atom. The molecule has 2 aromatic carbocycles. The van der Waals surface area contributed by atoms with E-state index in [0.29, 0.717) is 11.3 Å². The third kappa shape index (κ3) is 2.74. The minimum atomic E-state index is -0.976. The number of carboxylic acids is 1. The maximum absolute atomic E-state index is 11.2. The lowest BCUT2D eigenvalue weighted by Crippen LogP contribution is -1.99. The van der Waals surface area contributed by atoms with Crippen LogP contribution < -0.4 is 10.1 Å². The van der Waals surface area contributed by atoms with Crippen LogP contribution >= 0.6 is 11.3 Å². The maximum Gasteiger partial charge on any atom is 0.335 e. The molecular formula is C18H13N3O3S. The van der Waals surface area contributed by atoms with E-state index in [0.717, 1.165) is 27.0 Å². The number of carboxylic acid groups (broad SMARTS) is 1. The summed E-state index contributed by atoms with van der Waals surface area (Å²) in [5.41, 5.74) is 4.14.